The van der Waals surface area contributed by atoms with Crippen LogP contribution in [0.4, 0.5) is 0 Å². The van der Waals surface area contributed by atoms with Crippen molar-refractivity contribution < 1.29 is 8.42 Å². The van der Waals surface area contributed by atoms with E-state index in [1.165, 1.54) is 17.7 Å². The van der Waals surface area contributed by atoms with Gasteiger partial charge in [-0.1, -0.05) is 0 Å². The molecule has 4 N–H and O–H groups in total. The highest BCUT2D eigenvalue weighted by Gasteiger charge is 2.18. The molecule has 0 bridgehead atoms. The lowest BCUT2D eigenvalue weighted by Gasteiger charge is -2.06. The van der Waals surface area contributed by atoms with E-state index in [4.69, 9.17) is 5.73 Å². The lowest BCUT2D eigenvalue weighted by molar-refractivity contribution is 0.577. The predicted octanol–water partition coefficient (Wildman–Crippen LogP) is 0.236. The Morgan fingerprint density at radius 2 is 2.32 bits per heavy atom. The Labute approximate surface area is 115 Å². The quantitative estimate of drug-likeness (QED) is 0.634. The number of H-pyrrole nitrogens is 1. The summed E-state index contributed by atoms with van der Waals surface area (Å²) < 4.78 is 26.6. The van der Waals surface area contributed by atoms with Gasteiger partial charge < -0.3 is 5.73 Å². The highest BCUT2D eigenvalue weighted by Crippen LogP contribution is 2.20. The van der Waals surface area contributed by atoms with Crippen LogP contribution < -0.4 is 10.5 Å². The van der Waals surface area contributed by atoms with Gasteiger partial charge in [0.2, 0.25) is 10.0 Å². The molecule has 2 heterocycles. The molecular weight excluding hydrogens is 286 g/mol. The van der Waals surface area contributed by atoms with Gasteiger partial charge in [-0.05, 0) is 17.9 Å². The maximum atomic E-state index is 12.0. The number of hydrogen-bond acceptors (Lipinski definition) is 6. The van der Waals surface area contributed by atoms with Crippen LogP contribution >= 0.6 is 11.3 Å². The number of nitrogens with one attached hydrogen (secondary N) is 2. The van der Waals surface area contributed by atoms with E-state index in [-0.39, 0.29) is 11.4 Å². The first kappa shape index (κ1) is 14.1. The molecular formula is C10H15N5O2S2. The van der Waals surface area contributed by atoms with E-state index in [1.807, 2.05) is 0 Å². The van der Waals surface area contributed by atoms with Crippen LogP contribution in [0.25, 0.3) is 0 Å². The number of nitrogens with two attached hydrogens (primary N) is 1. The number of rotatable bonds is 7. The summed E-state index contributed by atoms with van der Waals surface area (Å²) in [5.74, 6) is 0.748. The molecule has 0 spiro atoms. The lowest BCUT2D eigenvalue weighted by atomic mass is 10.3. The minimum atomic E-state index is -3.47. The van der Waals surface area contributed by atoms with Crippen molar-refractivity contribution in [2.75, 3.05) is 6.54 Å². The summed E-state index contributed by atoms with van der Waals surface area (Å²) >= 11 is 1.35. The molecule has 0 aliphatic heterocycles. The molecule has 9 heteroatoms. The third kappa shape index (κ3) is 3.60. The van der Waals surface area contributed by atoms with Crippen LogP contribution in [0, 0.1) is 0 Å². The van der Waals surface area contributed by atoms with E-state index in [0.29, 0.717) is 24.3 Å². The van der Waals surface area contributed by atoms with Gasteiger partial charge >= 0.3 is 0 Å². The van der Waals surface area contributed by atoms with Gasteiger partial charge in [-0.2, -0.15) is 5.10 Å². The second kappa shape index (κ2) is 6.24. The number of aromatic amines is 1. The molecule has 2 rings (SSSR count). The zero-order valence-corrected chi connectivity index (χ0v) is 11.8. The number of aromatic nitrogens is 3. The minimum Gasteiger partial charge on any atom is -0.326 e. The zero-order chi connectivity index (χ0) is 13.7. The van der Waals surface area contributed by atoms with Crippen LogP contribution in [-0.2, 0) is 23.0 Å². The lowest BCUT2D eigenvalue weighted by Crippen LogP contribution is -2.25. The number of sulfonamides is 1. The van der Waals surface area contributed by atoms with Crippen molar-refractivity contribution in [2.45, 2.75) is 24.3 Å². The van der Waals surface area contributed by atoms with E-state index in [0.717, 1.165) is 5.82 Å². The number of aryl methyl sites for hydroxylation is 1. The molecule has 0 fully saturated rings. The van der Waals surface area contributed by atoms with Crippen molar-refractivity contribution in [1.82, 2.24) is 19.9 Å². The van der Waals surface area contributed by atoms with Gasteiger partial charge in [0.25, 0.3) is 0 Å². The molecule has 0 aliphatic carbocycles. The standard InChI is InChI=1S/C10H15N5O2S2/c11-6-8-9(3-5-18-8)19(16,17)14-4-1-2-10-12-7-13-15-10/h3,5,7,14H,1-2,4,6,11H2,(H,12,13,15). The minimum absolute atomic E-state index is 0.228. The Morgan fingerprint density at radius 1 is 1.47 bits per heavy atom. The van der Waals surface area contributed by atoms with Crippen molar-refractivity contribution in [3.63, 3.8) is 0 Å². The molecule has 0 aromatic carbocycles. The van der Waals surface area contributed by atoms with Crippen molar-refractivity contribution in [3.05, 3.63) is 28.5 Å². The summed E-state index contributed by atoms with van der Waals surface area (Å²) in [4.78, 5) is 4.92. The van der Waals surface area contributed by atoms with Crippen LogP contribution in [0.2, 0.25) is 0 Å². The predicted molar refractivity (Wildman–Crippen MR) is 72.1 cm³/mol. The Bertz CT molecular complexity index is 606. The molecule has 0 saturated carbocycles. The Balaban J connectivity index is 1.88. The maximum Gasteiger partial charge on any atom is 0.241 e. The normalized spacial score (nSPS) is 11.8. The molecule has 0 radical (unpaired) electrons. The summed E-state index contributed by atoms with van der Waals surface area (Å²) in [5.41, 5.74) is 5.51. The summed E-state index contributed by atoms with van der Waals surface area (Å²) in [7, 11) is -3.47. The average Bonchev–Trinajstić information content (AvgIpc) is 3.05. The summed E-state index contributed by atoms with van der Waals surface area (Å²) in [6.07, 6.45) is 2.73. The average molecular weight is 301 g/mol. The molecule has 2 aromatic heterocycles. The van der Waals surface area contributed by atoms with Crippen LogP contribution in [0.5, 0.6) is 0 Å². The number of nitrogens with zero attached hydrogens (tertiary/aromatic N) is 2. The van der Waals surface area contributed by atoms with E-state index in [2.05, 4.69) is 19.9 Å². The number of hydrogen-bond donors (Lipinski definition) is 3. The largest absolute Gasteiger partial charge is 0.326 e. The topological polar surface area (TPSA) is 114 Å². The maximum absolute atomic E-state index is 12.0. The van der Waals surface area contributed by atoms with Crippen LogP contribution in [0.1, 0.15) is 17.1 Å². The third-order valence-corrected chi connectivity index (χ3v) is 5.14. The molecule has 7 nitrogen and oxygen atoms in total. The molecule has 0 unspecified atom stereocenters. The van der Waals surface area contributed by atoms with Crippen LogP contribution in [0.3, 0.4) is 0 Å². The zero-order valence-electron chi connectivity index (χ0n) is 10.2. The van der Waals surface area contributed by atoms with Gasteiger partial charge in [-0.15, -0.1) is 11.3 Å². The smallest absolute Gasteiger partial charge is 0.241 e. The molecule has 2 aromatic rings. The van der Waals surface area contributed by atoms with Gasteiger partial charge in [0.05, 0.1) is 4.90 Å². The van der Waals surface area contributed by atoms with Crippen molar-refractivity contribution in [3.8, 4) is 0 Å². The van der Waals surface area contributed by atoms with E-state index >= 15 is 0 Å². The van der Waals surface area contributed by atoms with Gasteiger partial charge in [0, 0.05) is 24.4 Å². The molecule has 0 aliphatic rings. The Hall–Kier alpha value is -1.29. The van der Waals surface area contributed by atoms with Crippen LogP contribution in [-0.4, -0.2) is 30.1 Å². The van der Waals surface area contributed by atoms with Crippen molar-refractivity contribution in [1.29, 1.82) is 0 Å². The first-order chi connectivity index (χ1) is 9.13. The van der Waals surface area contributed by atoms with E-state index in [1.54, 1.807) is 11.4 Å². The Kier molecular flexibility index (Phi) is 4.64. The molecule has 0 amide bonds. The van der Waals surface area contributed by atoms with Crippen molar-refractivity contribution >= 4 is 21.4 Å². The van der Waals surface area contributed by atoms with Gasteiger partial charge in [0.15, 0.2) is 0 Å². The molecule has 104 valence electrons. The Morgan fingerprint density at radius 3 is 3.00 bits per heavy atom. The fourth-order valence-electron chi connectivity index (χ4n) is 1.61. The van der Waals surface area contributed by atoms with Gasteiger partial charge in [-0.3, -0.25) is 5.10 Å². The third-order valence-electron chi connectivity index (χ3n) is 2.53. The van der Waals surface area contributed by atoms with Crippen LogP contribution in [0.15, 0.2) is 22.7 Å². The highest BCUT2D eigenvalue weighted by molar-refractivity contribution is 7.89. The summed E-state index contributed by atoms with van der Waals surface area (Å²) in [6, 6.07) is 1.58. The first-order valence-corrected chi connectivity index (χ1v) is 8.10. The van der Waals surface area contributed by atoms with E-state index in [9.17, 15) is 8.42 Å². The molecule has 0 saturated heterocycles. The molecule has 0 atom stereocenters. The van der Waals surface area contributed by atoms with E-state index < -0.39 is 10.0 Å². The van der Waals surface area contributed by atoms with Gasteiger partial charge in [0.1, 0.15) is 12.2 Å². The van der Waals surface area contributed by atoms with Crippen molar-refractivity contribution in [2.24, 2.45) is 5.73 Å². The second-order valence-corrected chi connectivity index (χ2v) is 6.58. The molecule has 19 heavy (non-hydrogen) atoms. The second-order valence-electron chi connectivity index (χ2n) is 3.85. The summed E-state index contributed by atoms with van der Waals surface area (Å²) in [5, 5.41) is 8.18. The fourth-order valence-corrected chi connectivity index (χ4v) is 4.02. The summed E-state index contributed by atoms with van der Waals surface area (Å²) in [6.45, 7) is 0.578. The monoisotopic (exact) mass is 301 g/mol. The first-order valence-electron chi connectivity index (χ1n) is 5.74. The van der Waals surface area contributed by atoms with Gasteiger partial charge in [-0.25, -0.2) is 18.1 Å². The highest BCUT2D eigenvalue weighted by atomic mass is 32.2. The SMILES string of the molecule is NCc1sccc1S(=O)(=O)NCCCc1ncn[nH]1. The fraction of sp³-hybridized carbons (Fsp3) is 0.400. The number of thiophene rings is 1.